The third-order valence-electron chi connectivity index (χ3n) is 2.11. The predicted octanol–water partition coefficient (Wildman–Crippen LogP) is 3.67. The quantitative estimate of drug-likeness (QED) is 0.635. The van der Waals surface area contributed by atoms with E-state index in [0.29, 0.717) is 5.56 Å². The molecule has 0 bridgehead atoms. The number of benzene rings is 2. The van der Waals surface area contributed by atoms with Crippen molar-refractivity contribution >= 4 is 0 Å². The van der Waals surface area contributed by atoms with E-state index in [-0.39, 0.29) is 5.82 Å². The second kappa shape index (κ2) is 3.62. The van der Waals surface area contributed by atoms with Gasteiger partial charge in [0.2, 0.25) is 0 Å². The van der Waals surface area contributed by atoms with E-state index >= 15 is 0 Å². The monoisotopic (exact) mass is 185 g/mol. The molecule has 0 heterocycles. The normalized spacial score (nSPS) is 10.1. The highest BCUT2D eigenvalue weighted by atomic mass is 19.1. The van der Waals surface area contributed by atoms with Gasteiger partial charge < -0.3 is 0 Å². The van der Waals surface area contributed by atoms with Gasteiger partial charge in [0, 0.05) is 5.56 Å². The largest absolute Gasteiger partial charge is 0.206 e. The van der Waals surface area contributed by atoms with Crippen LogP contribution in [0.5, 0.6) is 0 Å². The molecule has 0 amide bonds. The van der Waals surface area contributed by atoms with E-state index in [9.17, 15) is 4.39 Å². The summed E-state index contributed by atoms with van der Waals surface area (Å²) in [5.74, 6) is -0.196. The average molecular weight is 185 g/mol. The maximum atomic E-state index is 13.4. The van der Waals surface area contributed by atoms with E-state index in [1.165, 1.54) is 6.07 Å². The predicted molar refractivity (Wildman–Crippen MR) is 56.3 cm³/mol. The Labute approximate surface area is 83.0 Å². The van der Waals surface area contributed by atoms with E-state index in [1.54, 1.807) is 12.1 Å². The van der Waals surface area contributed by atoms with Crippen molar-refractivity contribution in [2.45, 2.75) is 0 Å². The first-order valence-corrected chi connectivity index (χ1v) is 4.44. The highest BCUT2D eigenvalue weighted by Crippen LogP contribution is 2.22. The summed E-state index contributed by atoms with van der Waals surface area (Å²) in [5.41, 5.74) is 2.39. The van der Waals surface area contributed by atoms with Crippen LogP contribution < -0.4 is 0 Å². The molecule has 0 aromatic heterocycles. The Kier molecular flexibility index (Phi) is 2.32. The fourth-order valence-electron chi connectivity index (χ4n) is 1.43. The van der Waals surface area contributed by atoms with Crippen molar-refractivity contribution in [3.63, 3.8) is 0 Å². The molecule has 0 saturated carbocycles. The smallest absolute Gasteiger partial charge is 0.131 e. The van der Waals surface area contributed by atoms with Crippen molar-refractivity contribution in [2.75, 3.05) is 0 Å². The molecular weight excluding hydrogens is 175 g/mol. The zero-order chi connectivity index (χ0) is 9.97. The lowest BCUT2D eigenvalue weighted by molar-refractivity contribution is 0.631. The average Bonchev–Trinajstić information content (AvgIpc) is 2.18. The molecule has 2 rings (SSSR count). The van der Waals surface area contributed by atoms with Gasteiger partial charge in [0.1, 0.15) is 5.82 Å². The Morgan fingerprint density at radius 2 is 1.71 bits per heavy atom. The minimum absolute atomic E-state index is 0.196. The molecule has 2 aromatic rings. The Hall–Kier alpha value is -1.63. The van der Waals surface area contributed by atoms with Crippen molar-refractivity contribution in [3.8, 4) is 11.1 Å². The van der Waals surface area contributed by atoms with Gasteiger partial charge in [-0.2, -0.15) is 0 Å². The second-order valence-corrected chi connectivity index (χ2v) is 3.18. The summed E-state index contributed by atoms with van der Waals surface area (Å²) >= 11 is 0. The molecule has 1 radical (unpaired) electrons. The van der Waals surface area contributed by atoms with Gasteiger partial charge in [-0.25, -0.2) is 4.39 Å². The first-order valence-electron chi connectivity index (χ1n) is 4.44. The minimum atomic E-state index is -0.196. The summed E-state index contributed by atoms with van der Waals surface area (Å²) in [6.07, 6.45) is 0. The maximum Gasteiger partial charge on any atom is 0.131 e. The number of hydrogen-bond donors (Lipinski definition) is 0. The van der Waals surface area contributed by atoms with Crippen molar-refractivity contribution in [2.24, 2.45) is 0 Å². The molecule has 0 aliphatic carbocycles. The first-order chi connectivity index (χ1) is 6.77. The molecule has 1 heteroatoms. The lowest BCUT2D eigenvalue weighted by Crippen LogP contribution is -1.83. The van der Waals surface area contributed by atoms with Gasteiger partial charge >= 0.3 is 0 Å². The molecule has 0 saturated heterocycles. The highest BCUT2D eigenvalue weighted by Gasteiger charge is 2.02. The summed E-state index contributed by atoms with van der Waals surface area (Å²) in [6, 6.07) is 14.3. The topological polar surface area (TPSA) is 0 Å². The van der Waals surface area contributed by atoms with Crippen molar-refractivity contribution in [1.82, 2.24) is 0 Å². The van der Waals surface area contributed by atoms with Crippen LogP contribution in [0, 0.1) is 12.7 Å². The third kappa shape index (κ3) is 1.67. The molecule has 0 atom stereocenters. The Morgan fingerprint density at radius 3 is 2.43 bits per heavy atom. The molecule has 0 aliphatic heterocycles. The number of hydrogen-bond acceptors (Lipinski definition) is 0. The fraction of sp³-hybridized carbons (Fsp3) is 0. The van der Waals surface area contributed by atoms with Gasteiger partial charge in [-0.15, -0.1) is 0 Å². The summed E-state index contributed by atoms with van der Waals surface area (Å²) in [6.45, 7) is 3.81. The Balaban J connectivity index is 2.55. The molecular formula is C13H10F. The van der Waals surface area contributed by atoms with Crippen LogP contribution in [0.15, 0.2) is 48.5 Å². The molecule has 0 N–H and O–H groups in total. The molecule has 0 unspecified atom stereocenters. The number of rotatable bonds is 1. The van der Waals surface area contributed by atoms with Gasteiger partial charge in [-0.3, -0.25) is 0 Å². The summed E-state index contributed by atoms with van der Waals surface area (Å²) in [5, 5.41) is 0. The first kappa shape index (κ1) is 8.95. The molecule has 0 spiro atoms. The van der Waals surface area contributed by atoms with Crippen LogP contribution in [0.25, 0.3) is 11.1 Å². The minimum Gasteiger partial charge on any atom is -0.206 e. The van der Waals surface area contributed by atoms with Crippen LogP contribution in [0.4, 0.5) is 4.39 Å². The fourth-order valence-corrected chi connectivity index (χ4v) is 1.43. The van der Waals surface area contributed by atoms with Crippen LogP contribution >= 0.6 is 0 Å². The van der Waals surface area contributed by atoms with Crippen LogP contribution in [0.3, 0.4) is 0 Å². The molecule has 0 fully saturated rings. The van der Waals surface area contributed by atoms with E-state index in [4.69, 9.17) is 0 Å². The van der Waals surface area contributed by atoms with Crippen molar-refractivity contribution in [3.05, 3.63) is 66.8 Å². The lowest BCUT2D eigenvalue weighted by atomic mass is 10.0. The lowest BCUT2D eigenvalue weighted by Gasteiger charge is -2.03. The third-order valence-corrected chi connectivity index (χ3v) is 2.11. The van der Waals surface area contributed by atoms with E-state index in [2.05, 4.69) is 6.92 Å². The van der Waals surface area contributed by atoms with Crippen molar-refractivity contribution in [1.29, 1.82) is 0 Å². The van der Waals surface area contributed by atoms with Gasteiger partial charge in [0.15, 0.2) is 0 Å². The highest BCUT2D eigenvalue weighted by molar-refractivity contribution is 5.64. The standard InChI is InChI=1S/C13H10F/c1-10-5-4-6-11(9-10)12-7-2-3-8-13(12)14/h2-9H,1H2. The van der Waals surface area contributed by atoms with Crippen molar-refractivity contribution < 1.29 is 4.39 Å². The zero-order valence-electron chi connectivity index (χ0n) is 7.70. The van der Waals surface area contributed by atoms with E-state index in [1.807, 2.05) is 30.3 Å². The number of halogens is 1. The zero-order valence-corrected chi connectivity index (χ0v) is 7.70. The maximum absolute atomic E-state index is 13.4. The second-order valence-electron chi connectivity index (χ2n) is 3.18. The van der Waals surface area contributed by atoms with Gasteiger partial charge in [0.05, 0.1) is 0 Å². The Morgan fingerprint density at radius 1 is 0.929 bits per heavy atom. The van der Waals surface area contributed by atoms with Gasteiger partial charge in [-0.05, 0) is 24.1 Å². The van der Waals surface area contributed by atoms with Crippen LogP contribution in [0.2, 0.25) is 0 Å². The molecule has 69 valence electrons. The summed E-state index contributed by atoms with van der Waals surface area (Å²) in [4.78, 5) is 0. The molecule has 14 heavy (non-hydrogen) atoms. The van der Waals surface area contributed by atoms with Gasteiger partial charge in [0.25, 0.3) is 0 Å². The van der Waals surface area contributed by atoms with Crippen LogP contribution in [-0.2, 0) is 0 Å². The Bertz CT molecular complexity index is 446. The summed E-state index contributed by atoms with van der Waals surface area (Å²) in [7, 11) is 0. The SMILES string of the molecule is [CH2]c1cccc(-c2ccccc2F)c1. The summed E-state index contributed by atoms with van der Waals surface area (Å²) < 4.78 is 13.4. The molecule has 0 nitrogen and oxygen atoms in total. The molecule has 0 aliphatic rings. The molecule has 2 aromatic carbocycles. The van der Waals surface area contributed by atoms with Gasteiger partial charge in [-0.1, -0.05) is 42.5 Å². The van der Waals surface area contributed by atoms with E-state index in [0.717, 1.165) is 11.1 Å². The van der Waals surface area contributed by atoms with Crippen LogP contribution in [0.1, 0.15) is 5.56 Å². The van der Waals surface area contributed by atoms with E-state index < -0.39 is 0 Å². The van der Waals surface area contributed by atoms with Crippen LogP contribution in [-0.4, -0.2) is 0 Å².